The van der Waals surface area contributed by atoms with E-state index in [1.54, 1.807) is 18.2 Å². The largest absolute Gasteiger partial charge is 0.425 e. The third-order valence-electron chi connectivity index (χ3n) is 1.76. The van der Waals surface area contributed by atoms with E-state index in [0.29, 0.717) is 10.1 Å². The average molecular weight is 281 g/mol. The van der Waals surface area contributed by atoms with Gasteiger partial charge < -0.3 is 0 Å². The number of thiophene rings is 1. The first-order chi connectivity index (χ1) is 6.47. The molecule has 0 aliphatic rings. The predicted molar refractivity (Wildman–Crippen MR) is 54.5 cm³/mol. The van der Waals surface area contributed by atoms with Crippen LogP contribution in [-0.2, 0) is 6.18 Å². The zero-order valence-electron chi connectivity index (χ0n) is 6.73. The summed E-state index contributed by atoms with van der Waals surface area (Å²) in [5.41, 5.74) is 0. The molecule has 2 aromatic rings. The van der Waals surface area contributed by atoms with Crippen molar-refractivity contribution < 1.29 is 13.2 Å². The number of hydrogen-bond donors (Lipinski definition) is 0. The van der Waals surface area contributed by atoms with Crippen LogP contribution < -0.4 is 0 Å². The van der Waals surface area contributed by atoms with Gasteiger partial charge in [-0.05, 0) is 23.6 Å². The van der Waals surface area contributed by atoms with Gasteiger partial charge in [-0.1, -0.05) is 22.0 Å². The second-order valence-corrected chi connectivity index (χ2v) is 4.79. The molecule has 0 unspecified atom stereocenters. The molecule has 74 valence electrons. The number of hydrogen-bond acceptors (Lipinski definition) is 1. The number of halogens is 4. The van der Waals surface area contributed by atoms with Gasteiger partial charge in [-0.25, -0.2) is 0 Å². The van der Waals surface area contributed by atoms with Crippen LogP contribution in [-0.4, -0.2) is 0 Å². The Morgan fingerprint density at radius 1 is 1.14 bits per heavy atom. The van der Waals surface area contributed by atoms with Crippen molar-refractivity contribution in [3.05, 3.63) is 33.6 Å². The zero-order valence-corrected chi connectivity index (χ0v) is 9.13. The van der Waals surface area contributed by atoms with Crippen molar-refractivity contribution >= 4 is 37.4 Å². The van der Waals surface area contributed by atoms with Crippen molar-refractivity contribution in [2.24, 2.45) is 0 Å². The van der Waals surface area contributed by atoms with Crippen molar-refractivity contribution in [3.8, 4) is 0 Å². The van der Waals surface area contributed by atoms with Gasteiger partial charge in [0.15, 0.2) is 0 Å². The molecule has 1 heterocycles. The molecule has 0 radical (unpaired) electrons. The van der Waals surface area contributed by atoms with E-state index in [4.69, 9.17) is 0 Å². The highest BCUT2D eigenvalue weighted by molar-refractivity contribution is 9.10. The molecular formula is C9H4BrF3S. The van der Waals surface area contributed by atoms with Crippen LogP contribution in [0.15, 0.2) is 28.7 Å². The lowest BCUT2D eigenvalue weighted by Crippen LogP contribution is -2.00. The van der Waals surface area contributed by atoms with E-state index in [2.05, 4.69) is 15.9 Å². The first-order valence-corrected chi connectivity index (χ1v) is 5.34. The lowest BCUT2D eigenvalue weighted by molar-refractivity contribution is -0.134. The molecule has 0 aliphatic carbocycles. The molecule has 0 spiro atoms. The average Bonchev–Trinajstić information content (AvgIpc) is 2.45. The van der Waals surface area contributed by atoms with Crippen LogP contribution in [0.5, 0.6) is 0 Å². The summed E-state index contributed by atoms with van der Waals surface area (Å²) < 4.78 is 38.4. The SMILES string of the molecule is FC(F)(F)c1cc2ccc(Br)cc2s1. The van der Waals surface area contributed by atoms with Crippen molar-refractivity contribution in [2.45, 2.75) is 6.18 Å². The molecule has 1 aromatic carbocycles. The maximum atomic E-state index is 12.3. The topological polar surface area (TPSA) is 0 Å². The molecule has 0 saturated heterocycles. The van der Waals surface area contributed by atoms with Crippen LogP contribution >= 0.6 is 27.3 Å². The lowest BCUT2D eigenvalue weighted by atomic mass is 10.2. The molecule has 0 amide bonds. The molecule has 2 rings (SSSR count). The van der Waals surface area contributed by atoms with Crippen LogP contribution in [0.3, 0.4) is 0 Å². The van der Waals surface area contributed by atoms with Crippen molar-refractivity contribution in [1.29, 1.82) is 0 Å². The first kappa shape index (κ1) is 9.98. The lowest BCUT2D eigenvalue weighted by Gasteiger charge is -1.99. The van der Waals surface area contributed by atoms with Crippen LogP contribution in [0, 0.1) is 0 Å². The maximum Gasteiger partial charge on any atom is 0.425 e. The van der Waals surface area contributed by atoms with Gasteiger partial charge >= 0.3 is 6.18 Å². The molecule has 0 saturated carbocycles. The molecule has 0 nitrogen and oxygen atoms in total. The molecule has 5 heteroatoms. The van der Waals surface area contributed by atoms with E-state index in [0.717, 1.165) is 15.8 Å². The summed E-state index contributed by atoms with van der Waals surface area (Å²) in [7, 11) is 0. The van der Waals surface area contributed by atoms with Crippen LogP contribution in [0.1, 0.15) is 4.88 Å². The predicted octanol–water partition coefficient (Wildman–Crippen LogP) is 4.68. The van der Waals surface area contributed by atoms with Crippen LogP contribution in [0.4, 0.5) is 13.2 Å². The number of benzene rings is 1. The monoisotopic (exact) mass is 280 g/mol. The zero-order chi connectivity index (χ0) is 10.3. The second kappa shape index (κ2) is 3.24. The standard InChI is InChI=1S/C9H4BrF3S/c10-6-2-1-5-3-8(9(11,12)13)14-7(5)4-6/h1-4H. The highest BCUT2D eigenvalue weighted by atomic mass is 79.9. The fourth-order valence-electron chi connectivity index (χ4n) is 1.14. The molecular weight excluding hydrogens is 277 g/mol. The number of alkyl halides is 3. The summed E-state index contributed by atoms with van der Waals surface area (Å²) in [6, 6.07) is 6.27. The third-order valence-corrected chi connectivity index (χ3v) is 3.40. The molecule has 0 N–H and O–H groups in total. The second-order valence-electron chi connectivity index (χ2n) is 2.79. The smallest absolute Gasteiger partial charge is 0.165 e. The fraction of sp³-hybridized carbons (Fsp3) is 0.111. The highest BCUT2D eigenvalue weighted by Crippen LogP contribution is 2.38. The Balaban J connectivity index is 2.63. The van der Waals surface area contributed by atoms with Gasteiger partial charge in [0.1, 0.15) is 4.88 Å². The minimum Gasteiger partial charge on any atom is -0.165 e. The number of fused-ring (bicyclic) bond motifs is 1. The normalized spacial score (nSPS) is 12.3. The Labute approximate surface area is 90.5 Å². The van der Waals surface area contributed by atoms with E-state index in [1.165, 1.54) is 6.07 Å². The molecule has 0 fully saturated rings. The molecule has 0 bridgehead atoms. The van der Waals surface area contributed by atoms with E-state index in [9.17, 15) is 13.2 Å². The minimum absolute atomic E-state index is 0.550. The summed E-state index contributed by atoms with van der Waals surface area (Å²) in [6.45, 7) is 0. The Hall–Kier alpha value is -0.550. The van der Waals surface area contributed by atoms with Crippen molar-refractivity contribution in [1.82, 2.24) is 0 Å². The Kier molecular flexibility index (Phi) is 2.31. The van der Waals surface area contributed by atoms with Gasteiger partial charge in [0.05, 0.1) is 0 Å². The molecule has 14 heavy (non-hydrogen) atoms. The summed E-state index contributed by atoms with van der Waals surface area (Å²) >= 11 is 3.98. The van der Waals surface area contributed by atoms with Gasteiger partial charge in [-0.2, -0.15) is 13.2 Å². The summed E-state index contributed by atoms with van der Waals surface area (Å²) in [4.78, 5) is -0.550. The van der Waals surface area contributed by atoms with Gasteiger partial charge in [0.2, 0.25) is 0 Å². The Morgan fingerprint density at radius 2 is 1.86 bits per heavy atom. The third kappa shape index (κ3) is 1.79. The van der Waals surface area contributed by atoms with Gasteiger partial charge in [-0.15, -0.1) is 11.3 Å². The summed E-state index contributed by atoms with van der Waals surface area (Å²) in [5, 5.41) is 0.630. The Morgan fingerprint density at radius 3 is 2.50 bits per heavy atom. The van der Waals surface area contributed by atoms with Crippen LogP contribution in [0.2, 0.25) is 0 Å². The molecule has 0 atom stereocenters. The first-order valence-electron chi connectivity index (χ1n) is 3.73. The highest BCUT2D eigenvalue weighted by Gasteiger charge is 2.32. The molecule has 0 aliphatic heterocycles. The van der Waals surface area contributed by atoms with Crippen molar-refractivity contribution in [3.63, 3.8) is 0 Å². The summed E-state index contributed by atoms with van der Waals surface area (Å²) in [5.74, 6) is 0. The summed E-state index contributed by atoms with van der Waals surface area (Å²) in [6.07, 6.45) is -4.24. The van der Waals surface area contributed by atoms with Crippen LogP contribution in [0.25, 0.3) is 10.1 Å². The quantitative estimate of drug-likeness (QED) is 0.657. The van der Waals surface area contributed by atoms with Gasteiger partial charge in [0.25, 0.3) is 0 Å². The van der Waals surface area contributed by atoms with Crippen molar-refractivity contribution in [2.75, 3.05) is 0 Å². The Bertz CT molecular complexity index is 472. The van der Waals surface area contributed by atoms with Gasteiger partial charge in [-0.3, -0.25) is 0 Å². The van der Waals surface area contributed by atoms with E-state index < -0.39 is 11.1 Å². The van der Waals surface area contributed by atoms with Gasteiger partial charge in [0, 0.05) is 9.17 Å². The molecule has 1 aromatic heterocycles. The van der Waals surface area contributed by atoms with E-state index in [1.807, 2.05) is 0 Å². The fourth-order valence-corrected chi connectivity index (χ4v) is 2.63. The maximum absolute atomic E-state index is 12.3. The van der Waals surface area contributed by atoms with E-state index >= 15 is 0 Å². The number of rotatable bonds is 0. The van der Waals surface area contributed by atoms with E-state index in [-0.39, 0.29) is 0 Å². The minimum atomic E-state index is -4.24.